The summed E-state index contributed by atoms with van der Waals surface area (Å²) in [5.41, 5.74) is 1.64. The van der Waals surface area contributed by atoms with E-state index in [1.54, 1.807) is 17.8 Å². The molecule has 0 saturated carbocycles. The molecule has 2 rings (SSSR count). The van der Waals surface area contributed by atoms with E-state index in [2.05, 4.69) is 10.4 Å². The molecule has 0 amide bonds. The molecular weight excluding hydrogens is 248 g/mol. The molecule has 0 aliphatic carbocycles. The van der Waals surface area contributed by atoms with Gasteiger partial charge in [-0.1, -0.05) is 0 Å². The summed E-state index contributed by atoms with van der Waals surface area (Å²) in [5, 5.41) is 7.22. The lowest BCUT2D eigenvalue weighted by Gasteiger charge is -2.16. The molecule has 0 saturated heterocycles. The topological polar surface area (TPSA) is 29.9 Å². The number of hydrogen-bond acceptors (Lipinski definition) is 2. The third kappa shape index (κ3) is 2.98. The Morgan fingerprint density at radius 2 is 2.05 bits per heavy atom. The second-order valence-corrected chi connectivity index (χ2v) is 4.67. The molecule has 5 heteroatoms. The van der Waals surface area contributed by atoms with Gasteiger partial charge in [-0.15, -0.1) is 0 Å². The van der Waals surface area contributed by atoms with Crippen LogP contribution in [0.15, 0.2) is 24.4 Å². The van der Waals surface area contributed by atoms with Crippen molar-refractivity contribution >= 4 is 0 Å². The fourth-order valence-corrected chi connectivity index (χ4v) is 1.94. The standard InChI is InChI=1S/C14H17F2N3/c1-9-6-14(16)12(7-13(9)15)10(2)17-8-11-4-5-18-19(11)3/h4-7,10,17H,8H2,1-3H3. The molecule has 19 heavy (non-hydrogen) atoms. The van der Waals surface area contributed by atoms with Crippen LogP contribution in [0.5, 0.6) is 0 Å². The molecule has 1 aromatic carbocycles. The Morgan fingerprint density at radius 3 is 2.68 bits per heavy atom. The van der Waals surface area contributed by atoms with Gasteiger partial charge < -0.3 is 5.32 Å². The normalized spacial score (nSPS) is 12.7. The molecule has 1 heterocycles. The molecule has 0 aliphatic rings. The predicted molar refractivity (Wildman–Crippen MR) is 69.6 cm³/mol. The van der Waals surface area contributed by atoms with Gasteiger partial charge in [-0.3, -0.25) is 4.68 Å². The third-order valence-corrected chi connectivity index (χ3v) is 3.26. The van der Waals surface area contributed by atoms with Crippen LogP contribution in [-0.4, -0.2) is 9.78 Å². The van der Waals surface area contributed by atoms with Crippen molar-refractivity contribution in [3.8, 4) is 0 Å². The van der Waals surface area contributed by atoms with Gasteiger partial charge in [0.15, 0.2) is 0 Å². The highest BCUT2D eigenvalue weighted by atomic mass is 19.1. The molecule has 1 N–H and O–H groups in total. The SMILES string of the molecule is Cc1cc(F)c(C(C)NCc2ccnn2C)cc1F. The Labute approximate surface area is 111 Å². The van der Waals surface area contributed by atoms with Gasteiger partial charge in [-0.25, -0.2) is 8.78 Å². The van der Waals surface area contributed by atoms with Crippen molar-refractivity contribution in [2.75, 3.05) is 0 Å². The van der Waals surface area contributed by atoms with Crippen molar-refractivity contribution in [3.63, 3.8) is 0 Å². The number of aryl methyl sites for hydroxylation is 2. The van der Waals surface area contributed by atoms with Crippen LogP contribution in [0.4, 0.5) is 8.78 Å². The van der Waals surface area contributed by atoms with Crippen LogP contribution >= 0.6 is 0 Å². The maximum Gasteiger partial charge on any atom is 0.128 e. The molecule has 0 aliphatic heterocycles. The zero-order chi connectivity index (χ0) is 14.0. The second-order valence-electron chi connectivity index (χ2n) is 4.67. The van der Waals surface area contributed by atoms with Crippen molar-refractivity contribution in [2.24, 2.45) is 7.05 Å². The second kappa shape index (κ2) is 5.48. The van der Waals surface area contributed by atoms with E-state index in [0.717, 1.165) is 5.69 Å². The van der Waals surface area contributed by atoms with Gasteiger partial charge in [0.25, 0.3) is 0 Å². The number of nitrogens with one attached hydrogen (secondary N) is 1. The minimum atomic E-state index is -0.385. The first-order valence-corrected chi connectivity index (χ1v) is 6.15. The minimum Gasteiger partial charge on any atom is -0.304 e. The van der Waals surface area contributed by atoms with Crippen molar-refractivity contribution in [1.82, 2.24) is 15.1 Å². The highest BCUT2D eigenvalue weighted by Gasteiger charge is 2.14. The van der Waals surface area contributed by atoms with E-state index >= 15 is 0 Å². The Bertz CT molecular complexity index is 578. The average Bonchev–Trinajstić information content (AvgIpc) is 2.76. The van der Waals surface area contributed by atoms with Crippen LogP contribution in [0.2, 0.25) is 0 Å². The summed E-state index contributed by atoms with van der Waals surface area (Å²) in [4.78, 5) is 0. The monoisotopic (exact) mass is 265 g/mol. The number of benzene rings is 1. The van der Waals surface area contributed by atoms with E-state index in [9.17, 15) is 8.78 Å². The van der Waals surface area contributed by atoms with Crippen LogP contribution in [0.3, 0.4) is 0 Å². The molecule has 3 nitrogen and oxygen atoms in total. The molecule has 0 spiro atoms. The van der Waals surface area contributed by atoms with Crippen molar-refractivity contribution in [3.05, 3.63) is 52.9 Å². The maximum atomic E-state index is 13.8. The Hall–Kier alpha value is -1.75. The van der Waals surface area contributed by atoms with Crippen molar-refractivity contribution < 1.29 is 8.78 Å². The summed E-state index contributed by atoms with van der Waals surface area (Å²) in [7, 11) is 1.84. The largest absolute Gasteiger partial charge is 0.304 e. The van der Waals surface area contributed by atoms with E-state index < -0.39 is 0 Å². The number of aromatic nitrogens is 2. The molecule has 1 unspecified atom stereocenters. The number of hydrogen-bond donors (Lipinski definition) is 1. The quantitative estimate of drug-likeness (QED) is 0.921. The van der Waals surface area contributed by atoms with Crippen LogP contribution in [0.1, 0.15) is 29.8 Å². The lowest BCUT2D eigenvalue weighted by Crippen LogP contribution is -2.21. The van der Waals surface area contributed by atoms with E-state index in [4.69, 9.17) is 0 Å². The van der Waals surface area contributed by atoms with Crippen LogP contribution in [-0.2, 0) is 13.6 Å². The number of rotatable bonds is 4. The fraction of sp³-hybridized carbons (Fsp3) is 0.357. The third-order valence-electron chi connectivity index (χ3n) is 3.26. The average molecular weight is 265 g/mol. The Balaban J connectivity index is 2.10. The van der Waals surface area contributed by atoms with Crippen molar-refractivity contribution in [2.45, 2.75) is 26.4 Å². The lowest BCUT2D eigenvalue weighted by molar-refractivity contribution is 0.506. The molecule has 2 aromatic rings. The maximum absolute atomic E-state index is 13.8. The first-order chi connectivity index (χ1) is 8.99. The Kier molecular flexibility index (Phi) is 3.95. The molecule has 0 bridgehead atoms. The first-order valence-electron chi connectivity index (χ1n) is 6.15. The van der Waals surface area contributed by atoms with E-state index in [0.29, 0.717) is 17.7 Å². The molecular formula is C14H17F2N3. The van der Waals surface area contributed by atoms with Gasteiger partial charge in [-0.2, -0.15) is 5.10 Å². The molecule has 102 valence electrons. The number of halogens is 2. The molecule has 0 fully saturated rings. The van der Waals surface area contributed by atoms with Crippen LogP contribution in [0, 0.1) is 18.6 Å². The zero-order valence-corrected chi connectivity index (χ0v) is 11.2. The summed E-state index contributed by atoms with van der Waals surface area (Å²) in [6.45, 7) is 3.91. The predicted octanol–water partition coefficient (Wildman–Crippen LogP) is 2.86. The summed E-state index contributed by atoms with van der Waals surface area (Å²) in [6.07, 6.45) is 1.70. The van der Waals surface area contributed by atoms with Gasteiger partial charge in [0.1, 0.15) is 11.6 Å². The summed E-state index contributed by atoms with van der Waals surface area (Å²) in [6, 6.07) is 4.09. The molecule has 1 aromatic heterocycles. The van der Waals surface area contributed by atoms with Gasteiger partial charge in [-0.05, 0) is 37.6 Å². The van der Waals surface area contributed by atoms with E-state index in [-0.39, 0.29) is 17.7 Å². The highest BCUT2D eigenvalue weighted by Crippen LogP contribution is 2.20. The van der Waals surface area contributed by atoms with Crippen LogP contribution < -0.4 is 5.32 Å². The fourth-order valence-electron chi connectivity index (χ4n) is 1.94. The minimum absolute atomic E-state index is 0.273. The Morgan fingerprint density at radius 1 is 1.32 bits per heavy atom. The molecule has 1 atom stereocenters. The van der Waals surface area contributed by atoms with E-state index in [1.165, 1.54) is 12.1 Å². The van der Waals surface area contributed by atoms with Crippen molar-refractivity contribution in [1.29, 1.82) is 0 Å². The number of nitrogens with zero attached hydrogens (tertiary/aromatic N) is 2. The summed E-state index contributed by atoms with van der Waals surface area (Å²) < 4.78 is 29.0. The highest BCUT2D eigenvalue weighted by molar-refractivity contribution is 5.27. The van der Waals surface area contributed by atoms with E-state index in [1.807, 2.05) is 20.0 Å². The zero-order valence-electron chi connectivity index (χ0n) is 11.2. The molecule has 0 radical (unpaired) electrons. The smallest absolute Gasteiger partial charge is 0.128 e. The van der Waals surface area contributed by atoms with Crippen LogP contribution in [0.25, 0.3) is 0 Å². The van der Waals surface area contributed by atoms with Gasteiger partial charge in [0, 0.05) is 31.4 Å². The van der Waals surface area contributed by atoms with Gasteiger partial charge in [0.2, 0.25) is 0 Å². The van der Waals surface area contributed by atoms with Gasteiger partial charge >= 0.3 is 0 Å². The summed E-state index contributed by atoms with van der Waals surface area (Å²) in [5.74, 6) is -0.769. The van der Waals surface area contributed by atoms with Gasteiger partial charge in [0.05, 0.1) is 5.69 Å². The lowest BCUT2D eigenvalue weighted by atomic mass is 10.0. The first kappa shape index (κ1) is 13.7. The summed E-state index contributed by atoms with van der Waals surface area (Å²) >= 11 is 0.